The van der Waals surface area contributed by atoms with Crippen LogP contribution < -0.4 is 5.73 Å². The summed E-state index contributed by atoms with van der Waals surface area (Å²) in [5.41, 5.74) is 11.3. The summed E-state index contributed by atoms with van der Waals surface area (Å²) in [6.07, 6.45) is 4.00. The van der Waals surface area contributed by atoms with Crippen LogP contribution >= 0.6 is 0 Å². The van der Waals surface area contributed by atoms with E-state index in [-0.39, 0.29) is 0 Å². The monoisotopic (exact) mass is 201 g/mol. The summed E-state index contributed by atoms with van der Waals surface area (Å²) >= 11 is 0. The van der Waals surface area contributed by atoms with Gasteiger partial charge in [0.1, 0.15) is 0 Å². The van der Waals surface area contributed by atoms with E-state index >= 15 is 0 Å². The average molecular weight is 201 g/mol. The Hall–Kier alpha value is -0.820. The van der Waals surface area contributed by atoms with Crippen molar-refractivity contribution in [3.8, 4) is 0 Å². The molecule has 80 valence electrons. The first-order valence-electron chi connectivity index (χ1n) is 5.87. The lowest BCUT2D eigenvalue weighted by Gasteiger charge is -2.71. The quantitative estimate of drug-likeness (QED) is 0.782. The van der Waals surface area contributed by atoms with E-state index < -0.39 is 0 Å². The standard InChI is InChI=1S/C14H19N/c1-10-3-4-11(2)12(5-10)14-6-13(7-14,8-14)9-15/h3-5H,6-9,15H2,1-2H3. The topological polar surface area (TPSA) is 26.0 Å². The molecule has 0 atom stereocenters. The van der Waals surface area contributed by atoms with Gasteiger partial charge in [-0.3, -0.25) is 0 Å². The Morgan fingerprint density at radius 2 is 1.87 bits per heavy atom. The molecule has 15 heavy (non-hydrogen) atoms. The highest BCUT2D eigenvalue weighted by Crippen LogP contribution is 2.73. The van der Waals surface area contributed by atoms with Gasteiger partial charge >= 0.3 is 0 Å². The third-order valence-corrected chi connectivity index (χ3v) is 4.54. The number of hydrogen-bond donors (Lipinski definition) is 1. The van der Waals surface area contributed by atoms with Crippen LogP contribution in [0.4, 0.5) is 0 Å². The summed E-state index contributed by atoms with van der Waals surface area (Å²) in [4.78, 5) is 0. The lowest BCUT2D eigenvalue weighted by Crippen LogP contribution is -2.67. The molecule has 1 aromatic carbocycles. The van der Waals surface area contributed by atoms with Crippen molar-refractivity contribution in [1.82, 2.24) is 0 Å². The number of aryl methyl sites for hydroxylation is 2. The van der Waals surface area contributed by atoms with Gasteiger partial charge < -0.3 is 5.73 Å². The second kappa shape index (κ2) is 2.65. The van der Waals surface area contributed by atoms with Gasteiger partial charge in [-0.15, -0.1) is 0 Å². The first-order chi connectivity index (χ1) is 7.09. The predicted molar refractivity (Wildman–Crippen MR) is 62.9 cm³/mol. The van der Waals surface area contributed by atoms with Crippen molar-refractivity contribution >= 4 is 0 Å². The maximum Gasteiger partial charge on any atom is -0.00196 e. The second-order valence-electron chi connectivity index (χ2n) is 5.83. The molecule has 0 radical (unpaired) electrons. The molecule has 0 heterocycles. The molecule has 2 bridgehead atoms. The fraction of sp³-hybridized carbons (Fsp3) is 0.571. The third-order valence-electron chi connectivity index (χ3n) is 4.54. The maximum absolute atomic E-state index is 5.81. The molecule has 0 aromatic heterocycles. The van der Waals surface area contributed by atoms with E-state index in [1.54, 1.807) is 5.56 Å². The minimum absolute atomic E-state index is 0.523. The molecule has 0 aliphatic heterocycles. The molecule has 1 heteroatoms. The van der Waals surface area contributed by atoms with E-state index in [1.807, 2.05) is 0 Å². The van der Waals surface area contributed by atoms with Crippen molar-refractivity contribution < 1.29 is 0 Å². The van der Waals surface area contributed by atoms with Crippen molar-refractivity contribution in [3.05, 3.63) is 34.9 Å². The molecule has 2 N–H and O–H groups in total. The van der Waals surface area contributed by atoms with Crippen LogP contribution in [0, 0.1) is 19.3 Å². The number of benzene rings is 1. The summed E-state index contributed by atoms with van der Waals surface area (Å²) in [6, 6.07) is 6.86. The van der Waals surface area contributed by atoms with Gasteiger partial charge in [0.25, 0.3) is 0 Å². The molecule has 0 unspecified atom stereocenters. The number of rotatable bonds is 2. The van der Waals surface area contributed by atoms with E-state index in [1.165, 1.54) is 30.4 Å². The molecular formula is C14H19N. The Balaban J connectivity index is 1.93. The van der Waals surface area contributed by atoms with E-state index in [0.717, 1.165) is 6.54 Å². The molecule has 0 spiro atoms. The van der Waals surface area contributed by atoms with Crippen molar-refractivity contribution in [1.29, 1.82) is 0 Å². The van der Waals surface area contributed by atoms with Crippen LogP contribution in [0.25, 0.3) is 0 Å². The van der Waals surface area contributed by atoms with Gasteiger partial charge in [0.2, 0.25) is 0 Å². The Morgan fingerprint density at radius 1 is 1.20 bits per heavy atom. The van der Waals surface area contributed by atoms with Crippen LogP contribution in [0.1, 0.15) is 36.0 Å². The van der Waals surface area contributed by atoms with E-state index in [4.69, 9.17) is 5.73 Å². The lowest BCUT2D eigenvalue weighted by atomic mass is 9.33. The van der Waals surface area contributed by atoms with E-state index in [2.05, 4.69) is 32.0 Å². The predicted octanol–water partition coefficient (Wildman–Crippen LogP) is 2.68. The highest BCUT2D eigenvalue weighted by atomic mass is 14.8. The van der Waals surface area contributed by atoms with Gasteiger partial charge in [0, 0.05) is 0 Å². The van der Waals surface area contributed by atoms with Crippen molar-refractivity contribution in [3.63, 3.8) is 0 Å². The zero-order chi connectivity index (χ0) is 10.7. The fourth-order valence-corrected chi connectivity index (χ4v) is 3.81. The van der Waals surface area contributed by atoms with Gasteiger partial charge in [-0.05, 0) is 61.6 Å². The number of hydrogen-bond acceptors (Lipinski definition) is 1. The molecule has 1 aromatic rings. The molecular weight excluding hydrogens is 182 g/mol. The van der Waals surface area contributed by atoms with E-state index in [9.17, 15) is 0 Å². The van der Waals surface area contributed by atoms with Crippen LogP contribution in [0.2, 0.25) is 0 Å². The zero-order valence-electron chi connectivity index (χ0n) is 9.64. The molecule has 3 saturated carbocycles. The van der Waals surface area contributed by atoms with Crippen LogP contribution in [0.3, 0.4) is 0 Å². The first-order valence-corrected chi connectivity index (χ1v) is 5.87. The first kappa shape index (κ1) is 9.41. The van der Waals surface area contributed by atoms with Crippen LogP contribution in [0.5, 0.6) is 0 Å². The minimum atomic E-state index is 0.523. The highest BCUT2D eigenvalue weighted by Gasteiger charge is 2.67. The molecule has 1 nitrogen and oxygen atoms in total. The summed E-state index contributed by atoms with van der Waals surface area (Å²) in [5.74, 6) is 0. The Kier molecular flexibility index (Phi) is 1.66. The largest absolute Gasteiger partial charge is 0.330 e. The summed E-state index contributed by atoms with van der Waals surface area (Å²) < 4.78 is 0. The van der Waals surface area contributed by atoms with Gasteiger partial charge in [0.05, 0.1) is 0 Å². The van der Waals surface area contributed by atoms with Gasteiger partial charge in [-0.1, -0.05) is 23.8 Å². The lowest BCUT2D eigenvalue weighted by molar-refractivity contribution is -0.133. The number of nitrogens with two attached hydrogens (primary N) is 1. The molecule has 0 amide bonds. The second-order valence-corrected chi connectivity index (χ2v) is 5.83. The molecule has 3 aliphatic carbocycles. The smallest absolute Gasteiger partial charge is 0.00196 e. The molecule has 4 rings (SSSR count). The minimum Gasteiger partial charge on any atom is -0.330 e. The molecule has 3 aliphatic rings. The van der Waals surface area contributed by atoms with Crippen LogP contribution in [0.15, 0.2) is 18.2 Å². The van der Waals surface area contributed by atoms with Crippen LogP contribution in [-0.4, -0.2) is 6.54 Å². The summed E-state index contributed by atoms with van der Waals surface area (Å²) in [7, 11) is 0. The highest BCUT2D eigenvalue weighted by molar-refractivity contribution is 5.44. The van der Waals surface area contributed by atoms with Crippen LogP contribution in [-0.2, 0) is 5.41 Å². The van der Waals surface area contributed by atoms with Gasteiger partial charge in [0.15, 0.2) is 0 Å². The van der Waals surface area contributed by atoms with E-state index in [0.29, 0.717) is 10.8 Å². The SMILES string of the molecule is Cc1ccc(C)c(C23CC(CN)(C2)C3)c1. The molecule has 3 fully saturated rings. The van der Waals surface area contributed by atoms with Gasteiger partial charge in [-0.2, -0.15) is 0 Å². The third kappa shape index (κ3) is 1.07. The Morgan fingerprint density at radius 3 is 2.47 bits per heavy atom. The van der Waals surface area contributed by atoms with Gasteiger partial charge in [-0.25, -0.2) is 0 Å². The van der Waals surface area contributed by atoms with Crippen molar-refractivity contribution in [2.45, 2.75) is 38.5 Å². The fourth-order valence-electron chi connectivity index (χ4n) is 3.81. The molecule has 0 saturated heterocycles. The van der Waals surface area contributed by atoms with Crippen molar-refractivity contribution in [2.24, 2.45) is 11.1 Å². The zero-order valence-corrected chi connectivity index (χ0v) is 9.64. The summed E-state index contributed by atoms with van der Waals surface area (Å²) in [6.45, 7) is 5.32. The van der Waals surface area contributed by atoms with Crippen molar-refractivity contribution in [2.75, 3.05) is 6.54 Å². The Labute approximate surface area is 91.7 Å². The summed E-state index contributed by atoms with van der Waals surface area (Å²) in [5, 5.41) is 0. The Bertz CT molecular complexity index is 400. The average Bonchev–Trinajstić information content (AvgIpc) is 2.07. The maximum atomic E-state index is 5.81. The normalized spacial score (nSPS) is 37.0.